The summed E-state index contributed by atoms with van der Waals surface area (Å²) < 4.78 is 5.31. The van der Waals surface area contributed by atoms with Crippen molar-refractivity contribution in [2.45, 2.75) is 83.3 Å². The molecule has 1 saturated carbocycles. The highest BCUT2D eigenvalue weighted by Crippen LogP contribution is 2.33. The van der Waals surface area contributed by atoms with E-state index in [-0.39, 0.29) is 35.8 Å². The third-order valence-corrected chi connectivity index (χ3v) is 5.02. The van der Waals surface area contributed by atoms with Gasteiger partial charge in [0.1, 0.15) is 6.04 Å². The van der Waals surface area contributed by atoms with Crippen LogP contribution < -0.4 is 10.6 Å². The molecule has 0 spiro atoms. The number of hydrogen-bond acceptors (Lipinski definition) is 5. The van der Waals surface area contributed by atoms with Gasteiger partial charge in [-0.15, -0.1) is 12.4 Å². The predicted octanol–water partition coefficient (Wildman–Crippen LogP) is 2.89. The Kier molecular flexibility index (Phi) is 5.91. The van der Waals surface area contributed by atoms with Crippen LogP contribution in [0.25, 0.3) is 0 Å². The van der Waals surface area contributed by atoms with E-state index in [2.05, 4.69) is 20.8 Å². The monoisotopic (exact) mass is 356 g/mol. The fourth-order valence-corrected chi connectivity index (χ4v) is 3.61. The van der Waals surface area contributed by atoms with E-state index in [0.29, 0.717) is 23.7 Å². The number of hydrogen-bond donors (Lipinski definition) is 2. The number of halogens is 1. The van der Waals surface area contributed by atoms with Crippen molar-refractivity contribution in [1.82, 2.24) is 20.8 Å². The number of aromatic nitrogens is 2. The van der Waals surface area contributed by atoms with Gasteiger partial charge in [-0.2, -0.15) is 4.98 Å². The molecule has 1 amide bonds. The molecular weight excluding hydrogens is 328 g/mol. The molecule has 2 N–H and O–H groups in total. The molecule has 4 atom stereocenters. The number of fused-ring (bicyclic) bond motifs is 1. The zero-order chi connectivity index (χ0) is 16.6. The zero-order valence-corrected chi connectivity index (χ0v) is 15.8. The molecule has 6 nitrogen and oxygen atoms in total. The minimum atomic E-state index is -0.268. The molecule has 0 radical (unpaired) electrons. The fourth-order valence-electron chi connectivity index (χ4n) is 3.61. The minimum absolute atomic E-state index is 0. The van der Waals surface area contributed by atoms with E-state index < -0.39 is 0 Å². The normalized spacial score (nSPS) is 27.9. The Morgan fingerprint density at radius 1 is 1.33 bits per heavy atom. The molecule has 1 saturated heterocycles. The maximum absolute atomic E-state index is 12.5. The van der Waals surface area contributed by atoms with E-state index in [0.717, 1.165) is 6.42 Å². The molecule has 136 valence electrons. The Bertz CT molecular complexity index is 555. The van der Waals surface area contributed by atoms with Crippen LogP contribution in [0.3, 0.4) is 0 Å². The van der Waals surface area contributed by atoms with Crippen LogP contribution in [0.4, 0.5) is 0 Å². The summed E-state index contributed by atoms with van der Waals surface area (Å²) in [5.74, 6) is 1.84. The third kappa shape index (κ3) is 4.09. The Hall–Kier alpha value is -1.14. The van der Waals surface area contributed by atoms with E-state index >= 15 is 0 Å². The summed E-state index contributed by atoms with van der Waals surface area (Å²) in [7, 11) is 0. The van der Waals surface area contributed by atoms with Crippen molar-refractivity contribution in [2.75, 3.05) is 0 Å². The second-order valence-electron chi connectivity index (χ2n) is 8.04. The first-order chi connectivity index (χ1) is 10.8. The molecule has 24 heavy (non-hydrogen) atoms. The van der Waals surface area contributed by atoms with E-state index in [1.807, 2.05) is 27.7 Å². The maximum Gasteiger partial charge on any atom is 0.248 e. The van der Waals surface area contributed by atoms with Crippen molar-refractivity contribution in [3.63, 3.8) is 0 Å². The molecule has 1 aliphatic heterocycles. The molecule has 1 aliphatic carbocycles. The van der Waals surface area contributed by atoms with Crippen molar-refractivity contribution < 1.29 is 9.32 Å². The Morgan fingerprint density at radius 3 is 2.67 bits per heavy atom. The standard InChI is InChI=1S/C17H28N4O2.ClH/c1-10(15-20-16(21-23-15)17(2,3)4)18-14(22)13-9-11-7-5-6-8-12(11)19-13;/h10-13,19H,5-9H2,1-4H3,(H,18,22);1H. The lowest BCUT2D eigenvalue weighted by molar-refractivity contribution is -0.123. The summed E-state index contributed by atoms with van der Waals surface area (Å²) >= 11 is 0. The van der Waals surface area contributed by atoms with Gasteiger partial charge in [0.05, 0.1) is 6.04 Å². The van der Waals surface area contributed by atoms with Gasteiger partial charge in [-0.3, -0.25) is 4.79 Å². The first-order valence-corrected chi connectivity index (χ1v) is 8.75. The van der Waals surface area contributed by atoms with Crippen molar-refractivity contribution in [2.24, 2.45) is 5.92 Å². The summed E-state index contributed by atoms with van der Waals surface area (Å²) in [5, 5.41) is 10.5. The van der Waals surface area contributed by atoms with Gasteiger partial charge in [-0.05, 0) is 32.1 Å². The smallest absolute Gasteiger partial charge is 0.248 e. The first-order valence-electron chi connectivity index (χ1n) is 8.75. The highest BCUT2D eigenvalue weighted by Gasteiger charge is 2.38. The minimum Gasteiger partial charge on any atom is -0.343 e. The average molecular weight is 357 g/mol. The molecule has 4 unspecified atom stereocenters. The molecular formula is C17H29ClN4O2. The Morgan fingerprint density at radius 2 is 2.04 bits per heavy atom. The van der Waals surface area contributed by atoms with Gasteiger partial charge in [0, 0.05) is 11.5 Å². The third-order valence-electron chi connectivity index (χ3n) is 5.02. The lowest BCUT2D eigenvalue weighted by Gasteiger charge is -2.24. The molecule has 0 aromatic carbocycles. The van der Waals surface area contributed by atoms with Gasteiger partial charge in [0.25, 0.3) is 0 Å². The second kappa shape index (κ2) is 7.40. The lowest BCUT2D eigenvalue weighted by atomic mass is 9.85. The number of carbonyl (C=O) groups excluding carboxylic acids is 1. The number of nitrogens with one attached hydrogen (secondary N) is 2. The summed E-state index contributed by atoms with van der Waals surface area (Å²) in [4.78, 5) is 16.9. The van der Waals surface area contributed by atoms with E-state index in [4.69, 9.17) is 4.52 Å². The maximum atomic E-state index is 12.5. The van der Waals surface area contributed by atoms with Crippen LogP contribution in [0.1, 0.15) is 77.6 Å². The number of nitrogens with zero attached hydrogens (tertiary/aromatic N) is 2. The molecule has 2 fully saturated rings. The van der Waals surface area contributed by atoms with Crippen molar-refractivity contribution >= 4 is 18.3 Å². The SMILES string of the molecule is CC(NC(=O)C1CC2CCCCC2N1)c1nc(C(C)(C)C)no1.Cl. The highest BCUT2D eigenvalue weighted by molar-refractivity contribution is 5.85. The van der Waals surface area contributed by atoms with Gasteiger partial charge in [-0.1, -0.05) is 38.8 Å². The fraction of sp³-hybridized carbons (Fsp3) is 0.824. The van der Waals surface area contributed by atoms with E-state index in [9.17, 15) is 4.79 Å². The van der Waals surface area contributed by atoms with E-state index in [1.165, 1.54) is 25.7 Å². The van der Waals surface area contributed by atoms with Gasteiger partial charge in [0.2, 0.25) is 11.8 Å². The molecule has 0 bridgehead atoms. The van der Waals surface area contributed by atoms with Crippen LogP contribution in [0.5, 0.6) is 0 Å². The van der Waals surface area contributed by atoms with Crippen LogP contribution in [0.2, 0.25) is 0 Å². The van der Waals surface area contributed by atoms with Crippen LogP contribution in [-0.2, 0) is 10.2 Å². The van der Waals surface area contributed by atoms with Crippen LogP contribution in [0, 0.1) is 5.92 Å². The quantitative estimate of drug-likeness (QED) is 0.870. The van der Waals surface area contributed by atoms with Crippen molar-refractivity contribution in [3.8, 4) is 0 Å². The molecule has 2 heterocycles. The largest absolute Gasteiger partial charge is 0.343 e. The molecule has 2 aliphatic rings. The van der Waals surface area contributed by atoms with Crippen LogP contribution in [0.15, 0.2) is 4.52 Å². The number of carbonyl (C=O) groups is 1. The second-order valence-corrected chi connectivity index (χ2v) is 8.04. The highest BCUT2D eigenvalue weighted by atomic mass is 35.5. The van der Waals surface area contributed by atoms with Gasteiger partial charge < -0.3 is 15.2 Å². The lowest BCUT2D eigenvalue weighted by Crippen LogP contribution is -2.43. The molecule has 3 rings (SSSR count). The summed E-state index contributed by atoms with van der Waals surface area (Å²) in [6, 6.07) is 0.164. The van der Waals surface area contributed by atoms with Gasteiger partial charge in [-0.25, -0.2) is 0 Å². The Balaban J connectivity index is 0.00000208. The summed E-state index contributed by atoms with van der Waals surface area (Å²) in [6.07, 6.45) is 5.96. The zero-order valence-electron chi connectivity index (χ0n) is 15.0. The predicted molar refractivity (Wildman–Crippen MR) is 94.1 cm³/mol. The molecule has 1 aromatic rings. The first kappa shape index (κ1) is 19.2. The summed E-state index contributed by atoms with van der Waals surface area (Å²) in [5.41, 5.74) is -0.159. The topological polar surface area (TPSA) is 80.0 Å². The van der Waals surface area contributed by atoms with Gasteiger partial charge >= 0.3 is 0 Å². The molecule has 7 heteroatoms. The van der Waals surface area contributed by atoms with Crippen LogP contribution in [-0.4, -0.2) is 28.1 Å². The van der Waals surface area contributed by atoms with Crippen molar-refractivity contribution in [1.29, 1.82) is 0 Å². The number of rotatable bonds is 3. The number of amides is 1. The van der Waals surface area contributed by atoms with Crippen molar-refractivity contribution in [3.05, 3.63) is 11.7 Å². The van der Waals surface area contributed by atoms with Crippen LogP contribution >= 0.6 is 12.4 Å². The Labute approximate surface area is 149 Å². The summed E-state index contributed by atoms with van der Waals surface area (Å²) in [6.45, 7) is 8.00. The average Bonchev–Trinajstić information content (AvgIpc) is 3.13. The van der Waals surface area contributed by atoms with Gasteiger partial charge in [0.15, 0.2) is 5.82 Å². The van der Waals surface area contributed by atoms with E-state index in [1.54, 1.807) is 0 Å². The molecule has 1 aromatic heterocycles.